The predicted molar refractivity (Wildman–Crippen MR) is 82.3 cm³/mol. The minimum absolute atomic E-state index is 0.376. The van der Waals surface area contributed by atoms with E-state index in [9.17, 15) is 18.0 Å². The molecule has 1 aromatic heterocycles. The Labute approximate surface area is 130 Å². The van der Waals surface area contributed by atoms with Gasteiger partial charge < -0.3 is 0 Å². The monoisotopic (exact) mass is 315 g/mol. The number of ketones is 1. The van der Waals surface area contributed by atoms with Gasteiger partial charge in [-0.2, -0.15) is 13.2 Å². The van der Waals surface area contributed by atoms with E-state index in [2.05, 4.69) is 4.98 Å². The summed E-state index contributed by atoms with van der Waals surface area (Å²) < 4.78 is 37.3. The Morgan fingerprint density at radius 3 is 2.30 bits per heavy atom. The summed E-state index contributed by atoms with van der Waals surface area (Å²) in [5, 5.41) is 2.03. The van der Waals surface area contributed by atoms with Crippen molar-refractivity contribution in [1.82, 2.24) is 4.98 Å². The van der Waals surface area contributed by atoms with E-state index in [1.807, 2.05) is 37.3 Å². The van der Waals surface area contributed by atoms with Gasteiger partial charge in [0, 0.05) is 22.2 Å². The van der Waals surface area contributed by atoms with Gasteiger partial charge in [-0.05, 0) is 18.4 Å². The van der Waals surface area contributed by atoms with Crippen LogP contribution in [-0.4, -0.2) is 16.9 Å². The average molecular weight is 315 g/mol. The van der Waals surface area contributed by atoms with Crippen LogP contribution in [0.4, 0.5) is 13.2 Å². The molecule has 116 valence electrons. The molecule has 0 fully saturated rings. The highest BCUT2D eigenvalue weighted by Gasteiger charge is 2.39. The summed E-state index contributed by atoms with van der Waals surface area (Å²) in [6, 6.07) is 15.0. The van der Waals surface area contributed by atoms with Crippen LogP contribution in [0, 0.1) is 6.92 Å². The Morgan fingerprint density at radius 1 is 1.00 bits per heavy atom. The van der Waals surface area contributed by atoms with Crippen molar-refractivity contribution in [2.75, 3.05) is 0 Å². The van der Waals surface area contributed by atoms with Gasteiger partial charge in [0.1, 0.15) is 0 Å². The molecule has 0 spiro atoms. The lowest BCUT2D eigenvalue weighted by Crippen LogP contribution is -2.22. The van der Waals surface area contributed by atoms with Gasteiger partial charge in [-0.15, -0.1) is 0 Å². The molecule has 0 saturated heterocycles. The van der Waals surface area contributed by atoms with Crippen LogP contribution >= 0.6 is 0 Å². The second-order valence-corrected chi connectivity index (χ2v) is 5.22. The van der Waals surface area contributed by atoms with Gasteiger partial charge in [0.15, 0.2) is 0 Å². The number of hydrogen-bond acceptors (Lipinski definition) is 2. The van der Waals surface area contributed by atoms with Crippen molar-refractivity contribution in [3.63, 3.8) is 0 Å². The normalized spacial score (nSPS) is 11.7. The molecular weight excluding hydrogens is 303 g/mol. The highest BCUT2D eigenvalue weighted by atomic mass is 19.4. The number of rotatable bonds is 2. The van der Waals surface area contributed by atoms with Gasteiger partial charge in [0.05, 0.1) is 5.69 Å². The van der Waals surface area contributed by atoms with Crippen molar-refractivity contribution in [2.24, 2.45) is 0 Å². The molecule has 0 radical (unpaired) electrons. The number of alkyl halides is 3. The van der Waals surface area contributed by atoms with E-state index in [-0.39, 0.29) is 5.56 Å². The summed E-state index contributed by atoms with van der Waals surface area (Å²) in [4.78, 5) is 15.7. The topological polar surface area (TPSA) is 30.0 Å². The summed E-state index contributed by atoms with van der Waals surface area (Å²) in [7, 11) is 0. The average Bonchev–Trinajstić information content (AvgIpc) is 2.53. The maximum absolute atomic E-state index is 12.4. The maximum Gasteiger partial charge on any atom is 0.454 e. The highest BCUT2D eigenvalue weighted by molar-refractivity contribution is 6.00. The van der Waals surface area contributed by atoms with E-state index in [4.69, 9.17) is 0 Å². The number of nitrogens with zero attached hydrogens (tertiary/aromatic N) is 1. The maximum atomic E-state index is 12.4. The van der Waals surface area contributed by atoms with Crippen LogP contribution in [0.2, 0.25) is 0 Å². The molecule has 2 aromatic carbocycles. The van der Waals surface area contributed by atoms with E-state index < -0.39 is 12.0 Å². The number of halogens is 3. The third-order valence-electron chi connectivity index (χ3n) is 3.63. The Hall–Kier alpha value is -2.69. The van der Waals surface area contributed by atoms with Crippen molar-refractivity contribution in [3.8, 4) is 11.3 Å². The van der Waals surface area contributed by atoms with Crippen LogP contribution in [0.5, 0.6) is 0 Å². The summed E-state index contributed by atoms with van der Waals surface area (Å²) in [5.74, 6) is -1.84. The lowest BCUT2D eigenvalue weighted by atomic mass is 10.0. The summed E-state index contributed by atoms with van der Waals surface area (Å²) in [6.07, 6.45) is -4.86. The fourth-order valence-electron chi connectivity index (χ4n) is 2.48. The Bertz CT molecular complexity index is 883. The number of aromatic nitrogens is 1. The molecule has 0 atom stereocenters. The third-order valence-corrected chi connectivity index (χ3v) is 3.63. The second kappa shape index (κ2) is 5.50. The number of aryl methyl sites for hydroxylation is 1. The molecule has 3 aromatic rings. The number of pyridine rings is 1. The van der Waals surface area contributed by atoms with Crippen molar-refractivity contribution in [1.29, 1.82) is 0 Å². The molecule has 0 unspecified atom stereocenters. The molecule has 1 heterocycles. The molecule has 0 saturated carbocycles. The lowest BCUT2D eigenvalue weighted by molar-refractivity contribution is -0.0885. The van der Waals surface area contributed by atoms with Crippen LogP contribution < -0.4 is 0 Å². The zero-order chi connectivity index (χ0) is 16.6. The first-order valence-electron chi connectivity index (χ1n) is 6.94. The van der Waals surface area contributed by atoms with Crippen LogP contribution in [-0.2, 0) is 0 Å². The first-order chi connectivity index (χ1) is 10.9. The van der Waals surface area contributed by atoms with Crippen LogP contribution in [0.1, 0.15) is 16.1 Å². The molecule has 3 rings (SSSR count). The molecule has 2 nitrogen and oxygen atoms in total. The zero-order valence-electron chi connectivity index (χ0n) is 12.2. The molecule has 0 aliphatic carbocycles. The quantitative estimate of drug-likeness (QED) is 0.626. The number of carbonyl (C=O) groups excluding carboxylic acids is 1. The van der Waals surface area contributed by atoms with Gasteiger partial charge in [0.25, 0.3) is 5.78 Å². The molecule has 0 amide bonds. The second-order valence-electron chi connectivity index (χ2n) is 5.22. The van der Waals surface area contributed by atoms with E-state index in [1.165, 1.54) is 24.3 Å². The van der Waals surface area contributed by atoms with Crippen molar-refractivity contribution < 1.29 is 18.0 Å². The van der Waals surface area contributed by atoms with Crippen LogP contribution in [0.3, 0.4) is 0 Å². The SMILES string of the molecule is Cc1nc(-c2ccc(C(=O)C(F)(F)F)cc2)cc2ccccc12. The molecule has 0 bridgehead atoms. The van der Waals surface area contributed by atoms with E-state index >= 15 is 0 Å². The molecule has 0 N–H and O–H groups in total. The molecule has 0 aliphatic rings. The highest BCUT2D eigenvalue weighted by Crippen LogP contribution is 2.26. The summed E-state index contributed by atoms with van der Waals surface area (Å²) in [6.45, 7) is 1.88. The largest absolute Gasteiger partial charge is 0.454 e. The first-order valence-corrected chi connectivity index (χ1v) is 6.94. The van der Waals surface area contributed by atoms with Crippen LogP contribution in [0.15, 0.2) is 54.6 Å². The first kappa shape index (κ1) is 15.2. The lowest BCUT2D eigenvalue weighted by Gasteiger charge is -2.08. The number of hydrogen-bond donors (Lipinski definition) is 0. The minimum atomic E-state index is -4.86. The van der Waals surface area contributed by atoms with Crippen molar-refractivity contribution >= 4 is 16.6 Å². The third kappa shape index (κ3) is 2.95. The molecule has 0 aliphatic heterocycles. The van der Waals surface area contributed by atoms with Gasteiger partial charge >= 0.3 is 6.18 Å². The van der Waals surface area contributed by atoms with Crippen LogP contribution in [0.25, 0.3) is 22.0 Å². The van der Waals surface area contributed by atoms with Gasteiger partial charge in [0.2, 0.25) is 0 Å². The van der Waals surface area contributed by atoms with Gasteiger partial charge in [-0.3, -0.25) is 9.78 Å². The summed E-state index contributed by atoms with van der Waals surface area (Å²) in [5.41, 5.74) is 1.79. The van der Waals surface area contributed by atoms with Crippen molar-refractivity contribution in [2.45, 2.75) is 13.1 Å². The van der Waals surface area contributed by atoms with E-state index in [1.54, 1.807) is 0 Å². The van der Waals surface area contributed by atoms with E-state index in [0.29, 0.717) is 11.3 Å². The Kier molecular flexibility index (Phi) is 3.64. The standard InChI is InChI=1S/C18H12F3NO/c1-11-15-5-3-2-4-14(15)10-16(22-11)12-6-8-13(9-7-12)17(23)18(19,20)21/h2-10H,1H3. The number of Topliss-reactive ketones (excluding diaryl/α,β-unsaturated/α-hetero) is 1. The smallest absolute Gasteiger partial charge is 0.284 e. The zero-order valence-corrected chi connectivity index (χ0v) is 12.2. The minimum Gasteiger partial charge on any atom is -0.284 e. The van der Waals surface area contributed by atoms with Gasteiger partial charge in [-0.25, -0.2) is 0 Å². The summed E-state index contributed by atoms with van der Waals surface area (Å²) >= 11 is 0. The molecular formula is C18H12F3NO. The number of carbonyl (C=O) groups is 1. The fraction of sp³-hybridized carbons (Fsp3) is 0.111. The fourth-order valence-corrected chi connectivity index (χ4v) is 2.48. The Morgan fingerprint density at radius 2 is 1.65 bits per heavy atom. The number of fused-ring (bicyclic) bond motifs is 1. The molecule has 5 heteroatoms. The van der Waals surface area contributed by atoms with E-state index in [0.717, 1.165) is 16.5 Å². The number of benzene rings is 2. The molecule has 23 heavy (non-hydrogen) atoms. The Balaban J connectivity index is 2.01. The predicted octanol–water partition coefficient (Wildman–Crippen LogP) is 4.96. The van der Waals surface area contributed by atoms with Crippen molar-refractivity contribution in [3.05, 3.63) is 65.9 Å². The van der Waals surface area contributed by atoms with Gasteiger partial charge in [-0.1, -0.05) is 48.5 Å².